The molecule has 0 atom stereocenters. The van der Waals surface area contributed by atoms with E-state index in [0.717, 1.165) is 67.6 Å². The second-order valence-corrected chi connectivity index (χ2v) is 9.35. The fraction of sp³-hybridized carbons (Fsp3) is 0.100. The molecule has 0 aliphatic rings. The van der Waals surface area contributed by atoms with Gasteiger partial charge in [-0.25, -0.2) is 15.0 Å². The van der Waals surface area contributed by atoms with Gasteiger partial charge in [0, 0.05) is 0 Å². The Bertz CT molecular complexity index is 1890. The van der Waals surface area contributed by atoms with Gasteiger partial charge in [0.2, 0.25) is 0 Å². The first-order valence-corrected chi connectivity index (χ1v) is 12.3. The van der Waals surface area contributed by atoms with Crippen LogP contribution in [0.5, 0.6) is 0 Å². The van der Waals surface area contributed by atoms with Crippen molar-refractivity contribution in [3.63, 3.8) is 0 Å². The lowest BCUT2D eigenvalue weighted by atomic mass is 10.1. The molecule has 3 aromatic heterocycles. The van der Waals surface area contributed by atoms with E-state index in [1.807, 2.05) is 75.4 Å². The van der Waals surface area contributed by atoms with E-state index < -0.39 is 0 Å². The Morgan fingerprint density at radius 3 is 1.30 bits per heavy atom. The first kappa shape index (κ1) is 21.4. The average molecular weight is 484 g/mol. The summed E-state index contributed by atoms with van der Waals surface area (Å²) >= 11 is 0. The quantitative estimate of drug-likeness (QED) is 0.303. The third-order valence-corrected chi connectivity index (χ3v) is 7.05. The number of rotatable bonds is 3. The zero-order valence-corrected chi connectivity index (χ0v) is 20.8. The third kappa shape index (κ3) is 3.10. The number of aromatic nitrogens is 6. The van der Waals surface area contributed by atoms with Crippen molar-refractivity contribution < 1.29 is 0 Å². The second-order valence-electron chi connectivity index (χ2n) is 9.35. The van der Waals surface area contributed by atoms with Gasteiger partial charge in [0.25, 0.3) is 0 Å². The molecule has 0 amide bonds. The molecule has 2 N–H and O–H groups in total. The highest BCUT2D eigenvalue weighted by atomic mass is 15.1. The minimum absolute atomic E-state index is 0.656. The molecular formula is C30H25N7. The van der Waals surface area contributed by atoms with Crippen LogP contribution in [0.3, 0.4) is 0 Å². The van der Waals surface area contributed by atoms with Gasteiger partial charge in [-0.3, -0.25) is 13.7 Å². The van der Waals surface area contributed by atoms with Crippen molar-refractivity contribution in [3.8, 4) is 17.1 Å². The van der Waals surface area contributed by atoms with Crippen molar-refractivity contribution in [3.05, 3.63) is 102 Å². The van der Waals surface area contributed by atoms with Crippen molar-refractivity contribution in [2.75, 3.05) is 5.73 Å². The topological polar surface area (TPSA) is 79.5 Å². The zero-order chi connectivity index (χ0) is 25.3. The summed E-state index contributed by atoms with van der Waals surface area (Å²) in [5, 5.41) is 0. The Kier molecular flexibility index (Phi) is 4.50. The second kappa shape index (κ2) is 7.80. The van der Waals surface area contributed by atoms with Crippen molar-refractivity contribution >= 4 is 38.8 Å². The van der Waals surface area contributed by atoms with Gasteiger partial charge in [-0.2, -0.15) is 0 Å². The van der Waals surface area contributed by atoms with Crippen LogP contribution in [0.1, 0.15) is 17.5 Å². The Morgan fingerprint density at radius 1 is 0.514 bits per heavy atom. The number of nitrogens with two attached hydrogens (primary N) is 1. The molecule has 7 nitrogen and oxygen atoms in total. The molecule has 7 heteroatoms. The summed E-state index contributed by atoms with van der Waals surface area (Å²) in [6, 6.07) is 28.8. The lowest BCUT2D eigenvalue weighted by molar-refractivity contribution is 0.955. The van der Waals surface area contributed by atoms with Crippen LogP contribution in [0.4, 0.5) is 5.69 Å². The molecule has 0 radical (unpaired) electrons. The molecule has 0 saturated carbocycles. The first-order valence-electron chi connectivity index (χ1n) is 12.3. The summed E-state index contributed by atoms with van der Waals surface area (Å²) < 4.78 is 6.46. The zero-order valence-electron chi connectivity index (χ0n) is 20.8. The Morgan fingerprint density at radius 2 is 0.865 bits per heavy atom. The van der Waals surface area contributed by atoms with E-state index in [4.69, 9.17) is 20.7 Å². The Balaban J connectivity index is 1.62. The first-order chi connectivity index (χ1) is 18.0. The van der Waals surface area contributed by atoms with Crippen molar-refractivity contribution in [2.24, 2.45) is 0 Å². The maximum atomic E-state index is 7.04. The molecular weight excluding hydrogens is 458 g/mol. The van der Waals surface area contributed by atoms with E-state index in [-0.39, 0.29) is 0 Å². The predicted octanol–water partition coefficient (Wildman–Crippen LogP) is 6.21. The van der Waals surface area contributed by atoms with Gasteiger partial charge in [-0.1, -0.05) is 36.4 Å². The lowest BCUT2D eigenvalue weighted by Gasteiger charge is -2.19. The highest BCUT2D eigenvalue weighted by Crippen LogP contribution is 2.36. The molecule has 0 bridgehead atoms. The van der Waals surface area contributed by atoms with E-state index in [0.29, 0.717) is 5.69 Å². The molecule has 0 fully saturated rings. The number of para-hydroxylation sites is 6. The van der Waals surface area contributed by atoms with Crippen LogP contribution in [0.15, 0.2) is 84.9 Å². The predicted molar refractivity (Wildman–Crippen MR) is 149 cm³/mol. The van der Waals surface area contributed by atoms with Crippen molar-refractivity contribution in [2.45, 2.75) is 20.8 Å². The van der Waals surface area contributed by atoms with Crippen molar-refractivity contribution in [1.29, 1.82) is 0 Å². The van der Waals surface area contributed by atoms with Crippen LogP contribution >= 0.6 is 0 Å². The van der Waals surface area contributed by atoms with E-state index in [9.17, 15) is 0 Å². The largest absolute Gasteiger partial charge is 0.395 e. The molecule has 0 aliphatic carbocycles. The van der Waals surface area contributed by atoms with Gasteiger partial charge in [0.05, 0.1) is 55.8 Å². The van der Waals surface area contributed by atoms with Gasteiger partial charge in [-0.05, 0) is 69.3 Å². The molecule has 37 heavy (non-hydrogen) atoms. The van der Waals surface area contributed by atoms with Crippen molar-refractivity contribution in [1.82, 2.24) is 28.7 Å². The summed E-state index contributed by atoms with van der Waals surface area (Å²) in [6.45, 7) is 6.06. The number of fused-ring (bicyclic) bond motifs is 3. The normalized spacial score (nSPS) is 11.8. The monoisotopic (exact) mass is 483 g/mol. The van der Waals surface area contributed by atoms with Crippen LogP contribution in [0.2, 0.25) is 0 Å². The SMILES string of the molecule is Cc1nc2ccccc2n1-c1cc(-n2c(C)nc3ccccc32)c(N)c(-n2c(C)nc3ccccc32)c1. The van der Waals surface area contributed by atoms with E-state index in [1.54, 1.807) is 0 Å². The molecule has 3 heterocycles. The summed E-state index contributed by atoms with van der Waals surface area (Å²) in [7, 11) is 0. The maximum Gasteiger partial charge on any atom is 0.111 e. The number of nitrogen functional groups attached to an aromatic ring is 1. The van der Waals surface area contributed by atoms with Gasteiger partial charge in [-0.15, -0.1) is 0 Å². The van der Waals surface area contributed by atoms with Crippen LogP contribution in [-0.2, 0) is 0 Å². The number of hydrogen-bond acceptors (Lipinski definition) is 4. The van der Waals surface area contributed by atoms with Gasteiger partial charge >= 0.3 is 0 Å². The summed E-state index contributed by atoms with van der Waals surface area (Å²) in [5.74, 6) is 2.65. The number of anilines is 1. The Labute approximate surface area is 213 Å². The molecule has 180 valence electrons. The fourth-order valence-electron chi connectivity index (χ4n) is 5.48. The van der Waals surface area contributed by atoms with Gasteiger partial charge in [0.15, 0.2) is 0 Å². The highest BCUT2D eigenvalue weighted by Gasteiger charge is 2.21. The number of nitrogens with zero attached hydrogens (tertiary/aromatic N) is 6. The fourth-order valence-corrected chi connectivity index (χ4v) is 5.48. The molecule has 0 saturated heterocycles. The summed E-state index contributed by atoms with van der Waals surface area (Å²) in [6.07, 6.45) is 0. The molecule has 4 aromatic carbocycles. The van der Waals surface area contributed by atoms with Crippen LogP contribution in [0.25, 0.3) is 50.2 Å². The van der Waals surface area contributed by atoms with Gasteiger partial charge < -0.3 is 5.73 Å². The third-order valence-electron chi connectivity index (χ3n) is 7.05. The number of imidazole rings is 3. The molecule has 0 unspecified atom stereocenters. The lowest BCUT2D eigenvalue weighted by Crippen LogP contribution is -2.10. The minimum atomic E-state index is 0.656. The smallest absolute Gasteiger partial charge is 0.111 e. The number of hydrogen-bond donors (Lipinski definition) is 1. The average Bonchev–Trinajstić information content (AvgIpc) is 3.53. The molecule has 0 spiro atoms. The van der Waals surface area contributed by atoms with E-state index in [2.05, 4.69) is 44.0 Å². The molecule has 7 aromatic rings. The highest BCUT2D eigenvalue weighted by molar-refractivity contribution is 5.87. The number of benzene rings is 4. The molecule has 7 rings (SSSR count). The Hall–Kier alpha value is -4.91. The van der Waals surface area contributed by atoms with Crippen LogP contribution in [-0.4, -0.2) is 28.7 Å². The maximum absolute atomic E-state index is 7.04. The van der Waals surface area contributed by atoms with E-state index >= 15 is 0 Å². The minimum Gasteiger partial charge on any atom is -0.395 e. The summed E-state index contributed by atoms with van der Waals surface area (Å²) in [4.78, 5) is 14.5. The van der Waals surface area contributed by atoms with E-state index in [1.165, 1.54) is 0 Å². The standard InChI is InChI=1S/C30H25N7/c1-18-32-22-10-4-7-13-25(22)35(18)21-16-28(36-19(2)33-23-11-5-8-14-26(23)36)30(31)29(17-21)37-20(3)34-24-12-6-9-15-27(24)37/h4-17H,31H2,1-3H3. The van der Waals surface area contributed by atoms with Crippen LogP contribution < -0.4 is 5.73 Å². The van der Waals surface area contributed by atoms with Crippen LogP contribution in [0, 0.1) is 20.8 Å². The number of aryl methyl sites for hydroxylation is 3. The molecule has 0 aliphatic heterocycles. The summed E-state index contributed by atoms with van der Waals surface area (Å²) in [5.41, 5.74) is 16.3. The van der Waals surface area contributed by atoms with Gasteiger partial charge in [0.1, 0.15) is 17.5 Å².